The number of nitrogens with zero attached hydrogens (tertiary/aromatic N) is 3. The van der Waals surface area contributed by atoms with Crippen LogP contribution in [0.15, 0.2) is 81.7 Å². The van der Waals surface area contributed by atoms with Gasteiger partial charge in [-0.05, 0) is 101 Å². The molecule has 0 bridgehead atoms. The van der Waals surface area contributed by atoms with Crippen LogP contribution in [-0.4, -0.2) is 27.6 Å². The average Bonchev–Trinajstić information content (AvgIpc) is 3.70. The van der Waals surface area contributed by atoms with E-state index in [9.17, 15) is 14.4 Å². The van der Waals surface area contributed by atoms with Gasteiger partial charge in [0.05, 0.1) is 34.0 Å². The lowest BCUT2D eigenvalue weighted by Gasteiger charge is -2.24. The van der Waals surface area contributed by atoms with Crippen LogP contribution in [0.1, 0.15) is 81.6 Å². The van der Waals surface area contributed by atoms with E-state index in [1.807, 2.05) is 81.4 Å². The molecule has 2 aliphatic rings. The summed E-state index contributed by atoms with van der Waals surface area (Å²) >= 11 is 3.01. The third-order valence-corrected chi connectivity index (χ3v) is 11.5. The summed E-state index contributed by atoms with van der Waals surface area (Å²) in [6.07, 6.45) is 5.93. The largest absolute Gasteiger partial charge is 0.463 e. The van der Waals surface area contributed by atoms with E-state index < -0.39 is 12.0 Å². The molecule has 10 heteroatoms. The van der Waals surface area contributed by atoms with Crippen LogP contribution in [-0.2, 0) is 22.4 Å². The Labute approximate surface area is 292 Å². The number of nitrogens with one attached hydrogen (secondary N) is 1. The van der Waals surface area contributed by atoms with Crippen molar-refractivity contribution in [1.29, 1.82) is 0 Å². The number of benzene rings is 2. The Bertz CT molecular complexity index is 2320. The van der Waals surface area contributed by atoms with E-state index in [4.69, 9.17) is 9.73 Å². The van der Waals surface area contributed by atoms with Gasteiger partial charge in [-0.3, -0.25) is 14.2 Å². The van der Waals surface area contributed by atoms with Gasteiger partial charge < -0.3 is 14.6 Å². The molecular weight excluding hydrogens is 653 g/mol. The minimum atomic E-state index is -0.659. The van der Waals surface area contributed by atoms with Crippen LogP contribution in [0.2, 0.25) is 0 Å². The lowest BCUT2D eigenvalue weighted by Crippen LogP contribution is -2.39. The molecule has 5 aromatic rings. The average molecular weight is 691 g/mol. The molecule has 250 valence electrons. The summed E-state index contributed by atoms with van der Waals surface area (Å²) in [6, 6.07) is 18.8. The van der Waals surface area contributed by atoms with Gasteiger partial charge in [0.2, 0.25) is 0 Å². The summed E-state index contributed by atoms with van der Waals surface area (Å²) in [6.45, 7) is 9.86. The number of carbonyl (C=O) groups is 2. The maximum atomic E-state index is 14.3. The number of thiazole rings is 1. The zero-order valence-corrected chi connectivity index (χ0v) is 29.9. The van der Waals surface area contributed by atoms with E-state index in [1.54, 1.807) is 29.8 Å². The molecule has 1 aliphatic heterocycles. The minimum Gasteiger partial charge on any atom is -0.463 e. The zero-order chi connectivity index (χ0) is 34.4. The number of esters is 1. The number of allylic oxidation sites excluding steroid dienone is 1. The number of hydrogen-bond donors (Lipinski definition) is 1. The number of rotatable bonds is 7. The van der Waals surface area contributed by atoms with Crippen molar-refractivity contribution in [3.05, 3.63) is 136 Å². The van der Waals surface area contributed by atoms with Crippen LogP contribution in [0.4, 0.5) is 5.69 Å². The van der Waals surface area contributed by atoms with Gasteiger partial charge in [0.25, 0.3) is 11.5 Å². The second-order valence-electron chi connectivity index (χ2n) is 12.6. The third-order valence-electron chi connectivity index (χ3n) is 9.28. The Morgan fingerprint density at radius 1 is 1.00 bits per heavy atom. The van der Waals surface area contributed by atoms with Crippen molar-refractivity contribution in [2.24, 2.45) is 4.99 Å². The van der Waals surface area contributed by atoms with Crippen molar-refractivity contribution in [3.63, 3.8) is 0 Å². The van der Waals surface area contributed by atoms with E-state index in [-0.39, 0.29) is 18.1 Å². The molecule has 8 nitrogen and oxygen atoms in total. The maximum absolute atomic E-state index is 14.3. The third kappa shape index (κ3) is 5.93. The van der Waals surface area contributed by atoms with Crippen LogP contribution in [0.3, 0.4) is 0 Å². The Hall–Kier alpha value is -4.80. The molecule has 4 heterocycles. The number of anilines is 1. The van der Waals surface area contributed by atoms with Crippen LogP contribution in [0.5, 0.6) is 0 Å². The van der Waals surface area contributed by atoms with Gasteiger partial charge in [-0.1, -0.05) is 59.4 Å². The van der Waals surface area contributed by atoms with Crippen molar-refractivity contribution in [3.8, 4) is 5.00 Å². The molecular formula is C39H38N4O4S2. The fourth-order valence-electron chi connectivity index (χ4n) is 6.90. The molecule has 2 aromatic carbocycles. The number of carbonyl (C=O) groups excluding carboxylic acids is 2. The smallest absolute Gasteiger partial charge is 0.338 e. The Balaban J connectivity index is 1.35. The molecule has 0 unspecified atom stereocenters. The van der Waals surface area contributed by atoms with Gasteiger partial charge in [0.1, 0.15) is 5.00 Å². The SMILES string of the molecule is CCOC(=O)C1=C(C)N=c2s/c(=C/c3cc(C)n(-c4sc5c(c4C(=O)Nc4ccccc4)CCCC5)c3C)c(=O)n2[C@H]1c1ccc(C)cc1. The monoisotopic (exact) mass is 690 g/mol. The molecule has 0 saturated carbocycles. The highest BCUT2D eigenvalue weighted by Crippen LogP contribution is 2.39. The molecule has 1 aliphatic carbocycles. The van der Waals surface area contributed by atoms with Gasteiger partial charge in [-0.25, -0.2) is 9.79 Å². The number of hydrogen-bond acceptors (Lipinski definition) is 7. The number of aromatic nitrogens is 2. The number of fused-ring (bicyclic) bond motifs is 2. The molecule has 3 aromatic heterocycles. The maximum Gasteiger partial charge on any atom is 0.338 e. The summed E-state index contributed by atoms with van der Waals surface area (Å²) in [5, 5.41) is 4.03. The lowest BCUT2D eigenvalue weighted by molar-refractivity contribution is -0.139. The molecule has 0 fully saturated rings. The Kier molecular flexibility index (Phi) is 8.85. The minimum absolute atomic E-state index is 0.105. The summed E-state index contributed by atoms with van der Waals surface area (Å²) in [5.74, 6) is -0.579. The van der Waals surface area contributed by atoms with Crippen LogP contribution < -0.4 is 20.2 Å². The molecule has 1 N–H and O–H groups in total. The second-order valence-corrected chi connectivity index (χ2v) is 14.7. The van der Waals surface area contributed by atoms with Crippen molar-refractivity contribution in [2.45, 2.75) is 66.3 Å². The first-order chi connectivity index (χ1) is 23.7. The van der Waals surface area contributed by atoms with Crippen LogP contribution in [0, 0.1) is 20.8 Å². The van der Waals surface area contributed by atoms with Gasteiger partial charge in [0.15, 0.2) is 4.80 Å². The summed E-state index contributed by atoms with van der Waals surface area (Å²) in [7, 11) is 0. The molecule has 0 saturated heterocycles. The number of amides is 1. The van der Waals surface area contributed by atoms with Gasteiger partial charge in [0, 0.05) is 22.0 Å². The number of aryl methyl sites for hydroxylation is 3. The van der Waals surface area contributed by atoms with Crippen molar-refractivity contribution in [2.75, 3.05) is 11.9 Å². The quantitative estimate of drug-likeness (QED) is 0.192. The van der Waals surface area contributed by atoms with Gasteiger partial charge in [-0.2, -0.15) is 0 Å². The highest BCUT2D eigenvalue weighted by molar-refractivity contribution is 7.15. The van der Waals surface area contributed by atoms with E-state index in [0.29, 0.717) is 20.6 Å². The summed E-state index contributed by atoms with van der Waals surface area (Å²) < 4.78 is 9.74. The fourth-order valence-corrected chi connectivity index (χ4v) is 9.44. The van der Waals surface area contributed by atoms with Gasteiger partial charge in [-0.15, -0.1) is 11.3 Å². The molecule has 1 atom stereocenters. The van der Waals surface area contributed by atoms with Crippen molar-refractivity contribution < 1.29 is 14.3 Å². The normalized spacial score (nSPS) is 15.9. The van der Waals surface area contributed by atoms with Gasteiger partial charge >= 0.3 is 5.97 Å². The van der Waals surface area contributed by atoms with E-state index in [2.05, 4.69) is 16.0 Å². The van der Waals surface area contributed by atoms with Crippen molar-refractivity contribution in [1.82, 2.24) is 9.13 Å². The molecule has 1 amide bonds. The molecule has 49 heavy (non-hydrogen) atoms. The standard InChI is InChI=1S/C39H38N4O4S2/c1-6-47-38(46)32-24(4)40-39-43(34(32)26-18-16-22(2)17-19-26)36(45)31(49-39)21-27-20-23(3)42(25(27)5)37-33(29-14-10-11-15-30(29)48-37)35(44)41-28-12-8-7-9-13-28/h7-9,12-13,16-21,34H,6,10-11,14-15H2,1-5H3,(H,41,44)/b31-21+/t34-/m0/s1. The van der Waals surface area contributed by atoms with E-state index in [0.717, 1.165) is 75.6 Å². The topological polar surface area (TPSA) is 94.7 Å². The van der Waals surface area contributed by atoms with E-state index >= 15 is 0 Å². The molecule has 7 rings (SSSR count). The lowest BCUT2D eigenvalue weighted by atomic mass is 9.95. The second kappa shape index (κ2) is 13.2. The van der Waals surface area contributed by atoms with Crippen LogP contribution >= 0.6 is 22.7 Å². The molecule has 0 spiro atoms. The van der Waals surface area contributed by atoms with E-state index in [1.165, 1.54) is 16.2 Å². The zero-order valence-electron chi connectivity index (χ0n) is 28.3. The van der Waals surface area contributed by atoms with Crippen molar-refractivity contribution >= 4 is 46.3 Å². The fraction of sp³-hybridized carbons (Fsp3) is 0.282. The first-order valence-corrected chi connectivity index (χ1v) is 18.3. The van der Waals surface area contributed by atoms with Crippen LogP contribution in [0.25, 0.3) is 11.1 Å². The number of thiophene rings is 1. The Morgan fingerprint density at radius 2 is 1.73 bits per heavy atom. The summed E-state index contributed by atoms with van der Waals surface area (Å²) in [5.41, 5.74) is 8.02. The molecule has 0 radical (unpaired) electrons. The Morgan fingerprint density at radius 3 is 2.47 bits per heavy atom. The summed E-state index contributed by atoms with van der Waals surface area (Å²) in [4.78, 5) is 48.0. The number of para-hydroxylation sites is 1. The highest BCUT2D eigenvalue weighted by Gasteiger charge is 2.33. The number of ether oxygens (including phenoxy) is 1. The predicted molar refractivity (Wildman–Crippen MR) is 196 cm³/mol. The first-order valence-electron chi connectivity index (χ1n) is 16.6. The highest BCUT2D eigenvalue weighted by atomic mass is 32.1. The first kappa shape index (κ1) is 32.7. The predicted octanol–water partition coefficient (Wildman–Crippen LogP) is 6.71.